The highest BCUT2D eigenvalue weighted by Crippen LogP contribution is 2.44. The van der Waals surface area contributed by atoms with Gasteiger partial charge in [0.05, 0.1) is 11.6 Å². The Morgan fingerprint density at radius 3 is 2.08 bits per heavy atom. The summed E-state index contributed by atoms with van der Waals surface area (Å²) in [7, 11) is 0. The molecule has 0 saturated carbocycles. The maximum atomic E-state index is 11.8. The van der Waals surface area contributed by atoms with Gasteiger partial charge in [-0.15, -0.1) is 0 Å². The molecule has 122 valence electrons. The predicted molar refractivity (Wildman–Crippen MR) is 97.8 cm³/mol. The standard InChI is InChI=1S/C22H23NO/c1-2-16-22(24,19-13-7-4-8-14-19)21(18-11-5-3-6-12-18)20-15-9-10-17-23-20/h3-15,17,21,24H,2,16H2,1H3/t21-,22+/m1/s1. The van der Waals surface area contributed by atoms with Crippen molar-refractivity contribution in [3.8, 4) is 0 Å². The first-order valence-electron chi connectivity index (χ1n) is 8.49. The fourth-order valence-corrected chi connectivity index (χ4v) is 3.45. The van der Waals surface area contributed by atoms with Gasteiger partial charge >= 0.3 is 0 Å². The van der Waals surface area contributed by atoms with Crippen molar-refractivity contribution in [3.63, 3.8) is 0 Å². The van der Waals surface area contributed by atoms with E-state index in [4.69, 9.17) is 0 Å². The van der Waals surface area contributed by atoms with Crippen molar-refractivity contribution in [2.75, 3.05) is 0 Å². The van der Waals surface area contributed by atoms with Crippen LogP contribution < -0.4 is 0 Å². The van der Waals surface area contributed by atoms with Crippen molar-refractivity contribution in [1.82, 2.24) is 4.98 Å². The summed E-state index contributed by atoms with van der Waals surface area (Å²) in [5.41, 5.74) is 1.91. The highest BCUT2D eigenvalue weighted by molar-refractivity contribution is 5.37. The van der Waals surface area contributed by atoms with E-state index in [1.165, 1.54) is 0 Å². The van der Waals surface area contributed by atoms with Gasteiger partial charge in [0.25, 0.3) is 0 Å². The van der Waals surface area contributed by atoms with E-state index in [1.54, 1.807) is 6.20 Å². The van der Waals surface area contributed by atoms with E-state index >= 15 is 0 Å². The molecule has 0 unspecified atom stereocenters. The minimum absolute atomic E-state index is 0.206. The van der Waals surface area contributed by atoms with Crippen LogP contribution in [-0.2, 0) is 5.60 Å². The lowest BCUT2D eigenvalue weighted by atomic mass is 9.73. The van der Waals surface area contributed by atoms with Crippen LogP contribution in [0.1, 0.15) is 42.5 Å². The molecule has 0 aliphatic heterocycles. The van der Waals surface area contributed by atoms with E-state index in [9.17, 15) is 5.11 Å². The smallest absolute Gasteiger partial charge is 0.102 e. The molecule has 1 aromatic heterocycles. The molecule has 3 aromatic rings. The summed E-state index contributed by atoms with van der Waals surface area (Å²) in [4.78, 5) is 4.57. The molecule has 2 nitrogen and oxygen atoms in total. The first kappa shape index (κ1) is 16.4. The molecule has 1 N–H and O–H groups in total. The van der Waals surface area contributed by atoms with Crippen LogP contribution in [0.3, 0.4) is 0 Å². The highest BCUT2D eigenvalue weighted by atomic mass is 16.3. The summed E-state index contributed by atoms with van der Waals surface area (Å²) >= 11 is 0. The van der Waals surface area contributed by atoms with Gasteiger partial charge in [-0.2, -0.15) is 0 Å². The number of nitrogens with zero attached hydrogens (tertiary/aromatic N) is 1. The Bertz CT molecular complexity index is 703. The van der Waals surface area contributed by atoms with Crippen LogP contribution >= 0.6 is 0 Å². The Kier molecular flexibility index (Phi) is 5.07. The molecule has 0 radical (unpaired) electrons. The van der Waals surface area contributed by atoms with Crippen LogP contribution in [0.4, 0.5) is 0 Å². The molecule has 1 heterocycles. The van der Waals surface area contributed by atoms with Crippen molar-refractivity contribution in [3.05, 3.63) is 102 Å². The number of aromatic nitrogens is 1. The Hall–Kier alpha value is -2.45. The minimum atomic E-state index is -0.994. The van der Waals surface area contributed by atoms with Gasteiger partial charge in [0, 0.05) is 6.20 Å². The molecule has 24 heavy (non-hydrogen) atoms. The molecule has 0 fully saturated rings. The van der Waals surface area contributed by atoms with E-state index in [-0.39, 0.29) is 5.92 Å². The molecule has 2 atom stereocenters. The number of pyridine rings is 1. The van der Waals surface area contributed by atoms with Crippen molar-refractivity contribution in [2.24, 2.45) is 0 Å². The van der Waals surface area contributed by atoms with Crippen LogP contribution in [0.15, 0.2) is 85.1 Å². The van der Waals surface area contributed by atoms with E-state index in [2.05, 4.69) is 24.0 Å². The molecular formula is C22H23NO. The van der Waals surface area contributed by atoms with Gasteiger partial charge < -0.3 is 5.11 Å². The van der Waals surface area contributed by atoms with Crippen LogP contribution in [0, 0.1) is 0 Å². The molecule has 0 aliphatic carbocycles. The third-order valence-corrected chi connectivity index (χ3v) is 4.50. The van der Waals surface area contributed by atoms with E-state index < -0.39 is 5.60 Å². The first-order valence-corrected chi connectivity index (χ1v) is 8.49. The van der Waals surface area contributed by atoms with Gasteiger partial charge in [0.2, 0.25) is 0 Å². The number of hydrogen-bond acceptors (Lipinski definition) is 2. The Labute approximate surface area is 143 Å². The second-order valence-corrected chi connectivity index (χ2v) is 6.14. The summed E-state index contributed by atoms with van der Waals surface area (Å²) in [5.74, 6) is -0.206. The molecular weight excluding hydrogens is 294 g/mol. The van der Waals surface area contributed by atoms with Crippen molar-refractivity contribution < 1.29 is 5.11 Å². The third kappa shape index (κ3) is 3.24. The van der Waals surface area contributed by atoms with Crippen molar-refractivity contribution in [2.45, 2.75) is 31.3 Å². The lowest BCUT2D eigenvalue weighted by Crippen LogP contribution is -2.34. The fourth-order valence-electron chi connectivity index (χ4n) is 3.45. The van der Waals surface area contributed by atoms with Gasteiger partial charge in [-0.25, -0.2) is 0 Å². The zero-order valence-electron chi connectivity index (χ0n) is 14.0. The summed E-state index contributed by atoms with van der Waals surface area (Å²) in [6.45, 7) is 2.11. The van der Waals surface area contributed by atoms with Gasteiger partial charge in [0.1, 0.15) is 5.60 Å². The molecule has 0 aliphatic rings. The van der Waals surface area contributed by atoms with Gasteiger partial charge in [-0.1, -0.05) is 80.1 Å². The molecule has 3 rings (SSSR count). The first-order chi connectivity index (χ1) is 11.8. The fraction of sp³-hybridized carbons (Fsp3) is 0.227. The average molecular weight is 317 g/mol. The maximum Gasteiger partial charge on any atom is 0.102 e. The quantitative estimate of drug-likeness (QED) is 0.701. The zero-order valence-corrected chi connectivity index (χ0v) is 14.0. The largest absolute Gasteiger partial charge is 0.384 e. The Balaban J connectivity index is 2.19. The monoisotopic (exact) mass is 317 g/mol. The van der Waals surface area contributed by atoms with Crippen molar-refractivity contribution >= 4 is 0 Å². The number of aliphatic hydroxyl groups is 1. The molecule has 0 saturated heterocycles. The Morgan fingerprint density at radius 2 is 1.50 bits per heavy atom. The summed E-state index contributed by atoms with van der Waals surface area (Å²) in [6.07, 6.45) is 3.36. The van der Waals surface area contributed by atoms with Crippen LogP contribution in [0.5, 0.6) is 0 Å². The maximum absolute atomic E-state index is 11.8. The number of rotatable bonds is 6. The van der Waals surface area contributed by atoms with Gasteiger partial charge in [0.15, 0.2) is 0 Å². The topological polar surface area (TPSA) is 33.1 Å². The van der Waals surface area contributed by atoms with E-state index in [1.807, 2.05) is 66.7 Å². The molecule has 0 spiro atoms. The summed E-state index contributed by atoms with van der Waals surface area (Å²) in [5, 5.41) is 11.8. The minimum Gasteiger partial charge on any atom is -0.384 e. The lowest BCUT2D eigenvalue weighted by molar-refractivity contribution is 0.00841. The van der Waals surface area contributed by atoms with Gasteiger partial charge in [-0.3, -0.25) is 4.98 Å². The average Bonchev–Trinajstić information content (AvgIpc) is 2.65. The zero-order chi connectivity index (χ0) is 16.8. The van der Waals surface area contributed by atoms with Crippen LogP contribution in [0.25, 0.3) is 0 Å². The second kappa shape index (κ2) is 7.41. The van der Waals surface area contributed by atoms with E-state index in [0.717, 1.165) is 23.2 Å². The predicted octanol–water partition coefficient (Wildman–Crippen LogP) is 4.90. The normalized spacial score (nSPS) is 14.8. The van der Waals surface area contributed by atoms with Gasteiger partial charge in [-0.05, 0) is 29.7 Å². The summed E-state index contributed by atoms with van der Waals surface area (Å²) < 4.78 is 0. The molecule has 0 bridgehead atoms. The molecule has 2 aromatic carbocycles. The number of benzene rings is 2. The Morgan fingerprint density at radius 1 is 0.875 bits per heavy atom. The highest BCUT2D eigenvalue weighted by Gasteiger charge is 2.40. The second-order valence-electron chi connectivity index (χ2n) is 6.14. The lowest BCUT2D eigenvalue weighted by Gasteiger charge is -2.37. The number of hydrogen-bond donors (Lipinski definition) is 1. The van der Waals surface area contributed by atoms with Crippen LogP contribution in [0.2, 0.25) is 0 Å². The summed E-state index contributed by atoms with van der Waals surface area (Å²) in [6, 6.07) is 26.0. The SMILES string of the molecule is CCC[C@](O)(c1ccccc1)[C@H](c1ccccc1)c1ccccn1. The van der Waals surface area contributed by atoms with Crippen LogP contribution in [-0.4, -0.2) is 10.1 Å². The third-order valence-electron chi connectivity index (χ3n) is 4.50. The van der Waals surface area contributed by atoms with Crippen molar-refractivity contribution in [1.29, 1.82) is 0 Å². The molecule has 2 heteroatoms. The molecule has 0 amide bonds. The van der Waals surface area contributed by atoms with E-state index in [0.29, 0.717) is 6.42 Å².